The monoisotopic (exact) mass is 313 g/mol. The fourth-order valence-corrected chi connectivity index (χ4v) is 5.94. The van der Waals surface area contributed by atoms with Gasteiger partial charge in [0.05, 0.1) is 21.4 Å². The average Bonchev–Trinajstić information content (AvgIpc) is 2.67. The molecular formula is C10H12NNaO3S3. The van der Waals surface area contributed by atoms with Crippen LogP contribution in [-0.4, -0.2) is 30.0 Å². The number of fused-ring (bicyclic) bond motifs is 1. The first-order valence-corrected chi connectivity index (χ1v) is 9.63. The van der Waals surface area contributed by atoms with Crippen LogP contribution >= 0.6 is 20.7 Å². The summed E-state index contributed by atoms with van der Waals surface area (Å²) in [5.41, 5.74) is 2.93. The second-order valence-electron chi connectivity index (χ2n) is 3.51. The summed E-state index contributed by atoms with van der Waals surface area (Å²) < 4.78 is 31.3. The van der Waals surface area contributed by atoms with Crippen molar-refractivity contribution >= 4 is 42.1 Å². The van der Waals surface area contributed by atoms with Crippen LogP contribution in [0.4, 0.5) is 5.69 Å². The minimum Gasteiger partial charge on any atom is -0.748 e. The Morgan fingerprint density at radius 2 is 2.06 bits per heavy atom. The Morgan fingerprint density at radius 1 is 1.33 bits per heavy atom. The predicted octanol–water partition coefficient (Wildman–Crippen LogP) is -0.692. The van der Waals surface area contributed by atoms with Gasteiger partial charge in [-0.2, -0.15) is 0 Å². The van der Waals surface area contributed by atoms with Crippen molar-refractivity contribution in [2.75, 3.05) is 11.5 Å². The Morgan fingerprint density at radius 3 is 2.78 bits per heavy atom. The molecule has 0 spiro atoms. The molecule has 0 fully saturated rings. The molecule has 1 aromatic rings. The summed E-state index contributed by atoms with van der Waals surface area (Å²) in [5.74, 6) is 0.398. The van der Waals surface area contributed by atoms with E-state index in [1.54, 1.807) is 10.8 Å². The molecule has 2 rings (SSSR count). The second kappa shape index (κ2) is 7.33. The fraction of sp³-hybridized carbons (Fsp3) is 0.300. The van der Waals surface area contributed by atoms with Crippen molar-refractivity contribution in [3.63, 3.8) is 0 Å². The molecule has 0 N–H and O–H groups in total. The molecule has 1 unspecified atom stereocenters. The van der Waals surface area contributed by atoms with Crippen LogP contribution in [0.5, 0.6) is 0 Å². The molecule has 0 amide bonds. The van der Waals surface area contributed by atoms with Crippen molar-refractivity contribution < 1.29 is 42.5 Å². The van der Waals surface area contributed by atoms with E-state index in [0.717, 1.165) is 5.69 Å². The van der Waals surface area contributed by atoms with E-state index in [9.17, 15) is 13.0 Å². The third-order valence-corrected chi connectivity index (χ3v) is 7.16. The topological polar surface area (TPSA) is 69.6 Å². The molecule has 0 saturated heterocycles. The molecule has 18 heavy (non-hydrogen) atoms. The van der Waals surface area contributed by atoms with Crippen LogP contribution in [0.25, 0.3) is 0 Å². The van der Waals surface area contributed by atoms with Crippen LogP contribution in [-0.2, 0) is 10.1 Å². The van der Waals surface area contributed by atoms with Gasteiger partial charge in [0, 0.05) is 16.4 Å². The molecule has 4 nitrogen and oxygen atoms in total. The number of nitrogens with zero attached hydrogens (tertiary/aromatic N) is 1. The minimum absolute atomic E-state index is 0. The zero-order valence-corrected chi connectivity index (χ0v) is 14.5. The van der Waals surface area contributed by atoms with Crippen LogP contribution in [0.15, 0.2) is 34.2 Å². The quantitative estimate of drug-likeness (QED) is 0.257. The molecule has 0 saturated carbocycles. The van der Waals surface area contributed by atoms with Crippen molar-refractivity contribution in [1.82, 2.24) is 0 Å². The number of para-hydroxylation sites is 1. The molecule has 1 aliphatic heterocycles. The molecule has 94 valence electrons. The van der Waals surface area contributed by atoms with E-state index in [1.165, 1.54) is 4.90 Å². The maximum absolute atomic E-state index is 10.4. The van der Waals surface area contributed by atoms with Crippen LogP contribution in [0.3, 0.4) is 0 Å². The maximum Gasteiger partial charge on any atom is 1.00 e. The Bertz CT molecular complexity index is 533. The summed E-state index contributed by atoms with van der Waals surface area (Å²) >= 11 is 0. The van der Waals surface area contributed by atoms with Gasteiger partial charge in [-0.05, 0) is 18.6 Å². The van der Waals surface area contributed by atoms with Crippen LogP contribution in [0.1, 0.15) is 6.42 Å². The van der Waals surface area contributed by atoms with Gasteiger partial charge < -0.3 is 4.55 Å². The summed E-state index contributed by atoms with van der Waals surface area (Å²) in [6, 6.07) is 7.94. The molecule has 0 aromatic heterocycles. The molecule has 0 bridgehead atoms. The first-order chi connectivity index (χ1) is 8.06. The van der Waals surface area contributed by atoms with Crippen molar-refractivity contribution in [1.29, 1.82) is 0 Å². The Balaban J connectivity index is 0.00000162. The number of hydrogen-bond acceptors (Lipinski definition) is 5. The van der Waals surface area contributed by atoms with E-state index in [-0.39, 0.29) is 35.3 Å². The first-order valence-electron chi connectivity index (χ1n) is 5.05. The average molecular weight is 313 g/mol. The molecule has 1 aliphatic rings. The zero-order valence-electron chi connectivity index (χ0n) is 9.94. The summed E-state index contributed by atoms with van der Waals surface area (Å²) in [5, 5.41) is 0. The Kier molecular flexibility index (Phi) is 6.74. The SMILES string of the molecule is O=S(=O)([O-])CCCS[SH]1C=Nc2ccccc21.[Na+]. The third-order valence-electron chi connectivity index (χ3n) is 2.19. The number of benzene rings is 1. The third kappa shape index (κ3) is 4.88. The van der Waals surface area contributed by atoms with Gasteiger partial charge >= 0.3 is 29.6 Å². The summed E-state index contributed by atoms with van der Waals surface area (Å²) in [6.07, 6.45) is 0.408. The zero-order chi connectivity index (χ0) is 12.3. The second-order valence-corrected chi connectivity index (χ2v) is 9.02. The van der Waals surface area contributed by atoms with Crippen molar-refractivity contribution in [2.45, 2.75) is 11.3 Å². The Labute approximate surface area is 135 Å². The number of rotatable bonds is 5. The predicted molar refractivity (Wildman–Crippen MR) is 73.5 cm³/mol. The normalized spacial score (nSPS) is 19.3. The van der Waals surface area contributed by atoms with E-state index in [2.05, 4.69) is 4.99 Å². The summed E-state index contributed by atoms with van der Waals surface area (Å²) in [6.45, 7) is 0. The van der Waals surface area contributed by atoms with E-state index in [0.29, 0.717) is 12.2 Å². The molecule has 1 atom stereocenters. The van der Waals surface area contributed by atoms with E-state index >= 15 is 0 Å². The number of thiol groups is 1. The molecule has 8 heteroatoms. The fourth-order valence-electron chi connectivity index (χ4n) is 1.44. The number of aliphatic imine (C=N–C) groups is 1. The van der Waals surface area contributed by atoms with Crippen molar-refractivity contribution in [3.8, 4) is 0 Å². The van der Waals surface area contributed by atoms with Gasteiger partial charge in [-0.25, -0.2) is 13.4 Å². The van der Waals surface area contributed by atoms with Gasteiger partial charge in [-0.15, -0.1) is 20.7 Å². The van der Waals surface area contributed by atoms with Gasteiger partial charge in [0.2, 0.25) is 0 Å². The summed E-state index contributed by atoms with van der Waals surface area (Å²) in [7, 11) is -2.87. The first kappa shape index (κ1) is 16.6. The van der Waals surface area contributed by atoms with Gasteiger partial charge in [0.25, 0.3) is 0 Å². The number of hydrogen-bond donors (Lipinski definition) is 1. The largest absolute Gasteiger partial charge is 1.00 e. The minimum atomic E-state index is -4.07. The van der Waals surface area contributed by atoms with Crippen LogP contribution in [0, 0.1) is 0 Å². The van der Waals surface area contributed by atoms with Gasteiger partial charge in [0.1, 0.15) is 0 Å². The standard InChI is InChI=1S/C10H13NO3S3.Na/c12-17(13,14)7-3-6-15-16-8-11-9-4-1-2-5-10(9)16;/h1-2,4-5,8,16H,3,6-7H2,(H,12,13,14);/q;+1/p-1. The maximum atomic E-state index is 10.4. The van der Waals surface area contributed by atoms with E-state index in [4.69, 9.17) is 0 Å². The van der Waals surface area contributed by atoms with E-state index < -0.39 is 20.0 Å². The van der Waals surface area contributed by atoms with Gasteiger partial charge in [-0.3, -0.25) is 0 Å². The molecule has 0 radical (unpaired) electrons. The van der Waals surface area contributed by atoms with E-state index in [1.807, 2.05) is 29.8 Å². The smallest absolute Gasteiger partial charge is 0.748 e. The van der Waals surface area contributed by atoms with Crippen LogP contribution in [0.2, 0.25) is 0 Å². The molecular weight excluding hydrogens is 301 g/mol. The molecule has 1 heterocycles. The molecule has 0 aliphatic carbocycles. The van der Waals surface area contributed by atoms with Gasteiger partial charge in [-0.1, -0.05) is 12.1 Å². The van der Waals surface area contributed by atoms with Crippen LogP contribution < -0.4 is 29.6 Å². The van der Waals surface area contributed by atoms with Crippen molar-refractivity contribution in [2.24, 2.45) is 4.99 Å². The molecule has 1 aromatic carbocycles. The Hall–Kier alpha value is 0.500. The van der Waals surface area contributed by atoms with Crippen molar-refractivity contribution in [3.05, 3.63) is 24.3 Å². The summed E-state index contributed by atoms with van der Waals surface area (Å²) in [4.78, 5) is 5.53. The van der Waals surface area contributed by atoms with Gasteiger partial charge in [0.15, 0.2) is 0 Å².